The maximum atomic E-state index is 11.7. The average molecular weight is 258 g/mol. The van der Waals surface area contributed by atoms with Gasteiger partial charge in [0, 0.05) is 13.1 Å². The minimum atomic E-state index is -4.28. The number of nitrogens with one attached hydrogen (secondary N) is 1. The summed E-state index contributed by atoms with van der Waals surface area (Å²) in [6.07, 6.45) is -4.28. The molecule has 98 valence electrons. The van der Waals surface area contributed by atoms with Crippen LogP contribution in [0.5, 0.6) is 0 Å². The van der Waals surface area contributed by atoms with Crippen LogP contribution in [0.1, 0.15) is 11.1 Å². The van der Waals surface area contributed by atoms with Gasteiger partial charge in [0.15, 0.2) is 0 Å². The van der Waals surface area contributed by atoms with E-state index in [0.29, 0.717) is 18.7 Å². The van der Waals surface area contributed by atoms with Gasteiger partial charge in [-0.1, -0.05) is 12.1 Å². The second kappa shape index (κ2) is 6.99. The van der Waals surface area contributed by atoms with E-state index in [1.165, 1.54) is 0 Å². The molecule has 0 aromatic heterocycles. The SMILES string of the molecule is N#Cc1cccc(CNCCOCC(F)(F)F)c1. The monoisotopic (exact) mass is 258 g/mol. The van der Waals surface area contributed by atoms with E-state index < -0.39 is 12.8 Å². The molecule has 0 amide bonds. The predicted octanol–water partition coefficient (Wildman–Crippen LogP) is 2.23. The van der Waals surface area contributed by atoms with E-state index in [9.17, 15) is 13.2 Å². The molecule has 0 atom stereocenters. The number of nitriles is 1. The van der Waals surface area contributed by atoms with Crippen LogP contribution in [0.25, 0.3) is 0 Å². The lowest BCUT2D eigenvalue weighted by atomic mass is 10.1. The van der Waals surface area contributed by atoms with Gasteiger partial charge in [0.1, 0.15) is 6.61 Å². The summed E-state index contributed by atoms with van der Waals surface area (Å²) in [6.45, 7) is -0.409. The fraction of sp³-hybridized carbons (Fsp3) is 0.417. The Bertz CT molecular complexity index is 413. The van der Waals surface area contributed by atoms with Crippen molar-refractivity contribution < 1.29 is 17.9 Å². The Morgan fingerprint density at radius 2 is 2.11 bits per heavy atom. The fourth-order valence-corrected chi connectivity index (χ4v) is 1.32. The van der Waals surface area contributed by atoms with Gasteiger partial charge in [0.2, 0.25) is 0 Å². The van der Waals surface area contributed by atoms with Gasteiger partial charge in [-0.3, -0.25) is 0 Å². The highest BCUT2D eigenvalue weighted by molar-refractivity contribution is 5.32. The second-order valence-electron chi connectivity index (χ2n) is 3.66. The van der Waals surface area contributed by atoms with Crippen molar-refractivity contribution in [3.8, 4) is 6.07 Å². The highest BCUT2D eigenvalue weighted by Crippen LogP contribution is 2.13. The summed E-state index contributed by atoms with van der Waals surface area (Å²) in [5.41, 5.74) is 1.47. The highest BCUT2D eigenvalue weighted by Gasteiger charge is 2.27. The summed E-state index contributed by atoms with van der Waals surface area (Å²) in [5, 5.41) is 11.6. The van der Waals surface area contributed by atoms with Crippen molar-refractivity contribution in [1.82, 2.24) is 5.32 Å². The lowest BCUT2D eigenvalue weighted by molar-refractivity contribution is -0.173. The second-order valence-corrected chi connectivity index (χ2v) is 3.66. The first-order valence-corrected chi connectivity index (χ1v) is 5.35. The predicted molar refractivity (Wildman–Crippen MR) is 59.7 cm³/mol. The van der Waals surface area contributed by atoms with Gasteiger partial charge in [0.05, 0.1) is 18.2 Å². The molecule has 6 heteroatoms. The zero-order valence-corrected chi connectivity index (χ0v) is 9.63. The Hall–Kier alpha value is -1.58. The van der Waals surface area contributed by atoms with Crippen LogP contribution in [-0.2, 0) is 11.3 Å². The molecule has 1 rings (SSSR count). The van der Waals surface area contributed by atoms with Gasteiger partial charge in [-0.15, -0.1) is 0 Å². The molecular formula is C12H13F3N2O. The molecule has 0 saturated heterocycles. The zero-order valence-electron chi connectivity index (χ0n) is 9.63. The molecule has 0 aliphatic carbocycles. The molecule has 0 saturated carbocycles. The highest BCUT2D eigenvalue weighted by atomic mass is 19.4. The van der Waals surface area contributed by atoms with Gasteiger partial charge >= 0.3 is 6.18 Å². The maximum absolute atomic E-state index is 11.7. The van der Waals surface area contributed by atoms with Crippen LogP contribution < -0.4 is 5.32 Å². The van der Waals surface area contributed by atoms with E-state index in [0.717, 1.165) is 5.56 Å². The number of ether oxygens (including phenoxy) is 1. The van der Waals surface area contributed by atoms with Crippen molar-refractivity contribution in [2.45, 2.75) is 12.7 Å². The Morgan fingerprint density at radius 3 is 2.78 bits per heavy atom. The molecular weight excluding hydrogens is 245 g/mol. The molecule has 0 unspecified atom stereocenters. The lowest BCUT2D eigenvalue weighted by Crippen LogP contribution is -2.23. The van der Waals surface area contributed by atoms with E-state index in [2.05, 4.69) is 10.1 Å². The minimum absolute atomic E-state index is 0.00253. The third-order valence-corrected chi connectivity index (χ3v) is 2.07. The van der Waals surface area contributed by atoms with Gasteiger partial charge in [0.25, 0.3) is 0 Å². The van der Waals surface area contributed by atoms with Crippen LogP contribution >= 0.6 is 0 Å². The average Bonchev–Trinajstić information content (AvgIpc) is 2.32. The molecule has 0 aliphatic rings. The summed E-state index contributed by atoms with van der Waals surface area (Å²) >= 11 is 0. The van der Waals surface area contributed by atoms with Crippen molar-refractivity contribution in [3.63, 3.8) is 0 Å². The molecule has 0 heterocycles. The van der Waals surface area contributed by atoms with Crippen LogP contribution in [0, 0.1) is 11.3 Å². The van der Waals surface area contributed by atoms with Crippen LogP contribution in [-0.4, -0.2) is 25.9 Å². The molecule has 0 aliphatic heterocycles. The van der Waals surface area contributed by atoms with E-state index >= 15 is 0 Å². The summed E-state index contributed by atoms with van der Waals surface area (Å²) in [6, 6.07) is 9.03. The Morgan fingerprint density at radius 1 is 1.33 bits per heavy atom. The lowest BCUT2D eigenvalue weighted by Gasteiger charge is -2.08. The number of benzene rings is 1. The normalized spacial score (nSPS) is 11.2. The number of nitrogens with zero attached hydrogens (tertiary/aromatic N) is 1. The van der Waals surface area contributed by atoms with Gasteiger partial charge in [-0.25, -0.2) is 0 Å². The topological polar surface area (TPSA) is 45.0 Å². The quantitative estimate of drug-likeness (QED) is 0.796. The first kappa shape index (κ1) is 14.5. The molecule has 0 fully saturated rings. The molecule has 1 aromatic rings. The standard InChI is InChI=1S/C12H13F3N2O/c13-12(14,15)9-18-5-4-17-8-11-3-1-2-10(6-11)7-16/h1-3,6,17H,4-5,8-9H2. The van der Waals surface area contributed by atoms with E-state index in [1.807, 2.05) is 12.1 Å². The first-order chi connectivity index (χ1) is 8.51. The van der Waals surface area contributed by atoms with Crippen molar-refractivity contribution in [2.24, 2.45) is 0 Å². The largest absolute Gasteiger partial charge is 0.411 e. The zero-order chi connectivity index (χ0) is 13.4. The summed E-state index contributed by atoms with van der Waals surface area (Å²) in [4.78, 5) is 0. The third-order valence-electron chi connectivity index (χ3n) is 2.07. The summed E-state index contributed by atoms with van der Waals surface area (Å²) < 4.78 is 39.7. The van der Waals surface area contributed by atoms with Crippen LogP contribution in [0.15, 0.2) is 24.3 Å². The number of rotatable bonds is 6. The Kier molecular flexibility index (Phi) is 5.62. The number of hydrogen-bond donors (Lipinski definition) is 1. The van der Waals surface area contributed by atoms with Crippen LogP contribution in [0.3, 0.4) is 0 Å². The van der Waals surface area contributed by atoms with E-state index in [1.54, 1.807) is 18.2 Å². The molecule has 1 aromatic carbocycles. The maximum Gasteiger partial charge on any atom is 0.411 e. The summed E-state index contributed by atoms with van der Waals surface area (Å²) in [5.74, 6) is 0. The smallest absolute Gasteiger partial charge is 0.371 e. The van der Waals surface area contributed by atoms with E-state index in [-0.39, 0.29) is 6.61 Å². The molecule has 0 bridgehead atoms. The number of hydrogen-bond acceptors (Lipinski definition) is 3. The fourth-order valence-electron chi connectivity index (χ4n) is 1.32. The number of alkyl halides is 3. The molecule has 0 spiro atoms. The Labute approximate surface area is 103 Å². The Balaban J connectivity index is 2.16. The first-order valence-electron chi connectivity index (χ1n) is 5.35. The van der Waals surface area contributed by atoms with Crippen molar-refractivity contribution in [1.29, 1.82) is 5.26 Å². The van der Waals surface area contributed by atoms with Crippen LogP contribution in [0.4, 0.5) is 13.2 Å². The molecule has 0 radical (unpaired) electrons. The number of halogens is 3. The summed E-state index contributed by atoms with van der Waals surface area (Å²) in [7, 11) is 0. The van der Waals surface area contributed by atoms with E-state index in [4.69, 9.17) is 5.26 Å². The van der Waals surface area contributed by atoms with Gasteiger partial charge < -0.3 is 10.1 Å². The minimum Gasteiger partial charge on any atom is -0.371 e. The molecule has 3 nitrogen and oxygen atoms in total. The van der Waals surface area contributed by atoms with Crippen molar-refractivity contribution >= 4 is 0 Å². The van der Waals surface area contributed by atoms with Gasteiger partial charge in [-0.05, 0) is 17.7 Å². The van der Waals surface area contributed by atoms with Crippen molar-refractivity contribution in [2.75, 3.05) is 19.8 Å². The van der Waals surface area contributed by atoms with Gasteiger partial charge in [-0.2, -0.15) is 18.4 Å². The van der Waals surface area contributed by atoms with Crippen LogP contribution in [0.2, 0.25) is 0 Å². The molecule has 18 heavy (non-hydrogen) atoms. The molecule has 1 N–H and O–H groups in total. The third kappa shape index (κ3) is 6.23. The van der Waals surface area contributed by atoms with Crippen molar-refractivity contribution in [3.05, 3.63) is 35.4 Å².